The molecule has 0 unspecified atom stereocenters. The van der Waals surface area contributed by atoms with Gasteiger partial charge in [0.05, 0.1) is 0 Å². The van der Waals surface area contributed by atoms with Crippen LogP contribution in [0.25, 0.3) is 0 Å². The molecule has 0 saturated carbocycles. The average Bonchev–Trinajstić information content (AvgIpc) is 2.38. The molecule has 0 aliphatic rings. The first-order chi connectivity index (χ1) is 8.67. The molecule has 1 aromatic rings. The molecular formula is C14H23N3O. The highest BCUT2D eigenvalue weighted by atomic mass is 16.1. The molecule has 1 heterocycles. The summed E-state index contributed by atoms with van der Waals surface area (Å²) in [5, 5.41) is 2.90. The molecule has 1 aromatic heterocycles. The zero-order valence-corrected chi connectivity index (χ0v) is 11.6. The Morgan fingerprint density at radius 3 is 2.67 bits per heavy atom. The second-order valence-corrected chi connectivity index (χ2v) is 4.30. The second-order valence-electron chi connectivity index (χ2n) is 4.30. The number of hydrogen-bond donors (Lipinski definition) is 1. The number of amides is 1. The van der Waals surface area contributed by atoms with Crippen LogP contribution in [-0.2, 0) is 0 Å². The summed E-state index contributed by atoms with van der Waals surface area (Å²) < 4.78 is 0. The molecule has 0 atom stereocenters. The number of hydrogen-bond acceptors (Lipinski definition) is 3. The van der Waals surface area contributed by atoms with E-state index in [1.54, 1.807) is 6.07 Å². The molecule has 18 heavy (non-hydrogen) atoms. The van der Waals surface area contributed by atoms with Gasteiger partial charge in [0.15, 0.2) is 0 Å². The smallest absolute Gasteiger partial charge is 0.269 e. The third-order valence-corrected chi connectivity index (χ3v) is 2.95. The molecule has 0 aliphatic heterocycles. The van der Waals surface area contributed by atoms with Crippen LogP contribution in [0.3, 0.4) is 0 Å². The zero-order chi connectivity index (χ0) is 13.4. The van der Waals surface area contributed by atoms with Gasteiger partial charge in [-0.25, -0.2) is 4.98 Å². The summed E-state index contributed by atoms with van der Waals surface area (Å²) in [7, 11) is 0. The third-order valence-electron chi connectivity index (χ3n) is 2.95. The lowest BCUT2D eigenvalue weighted by atomic mass is 10.3. The lowest BCUT2D eigenvalue weighted by molar-refractivity contribution is 0.0946. The van der Waals surface area contributed by atoms with E-state index in [0.717, 1.165) is 31.7 Å². The van der Waals surface area contributed by atoms with Crippen molar-refractivity contribution in [1.29, 1.82) is 0 Å². The highest BCUT2D eigenvalue weighted by Gasteiger charge is 2.06. The van der Waals surface area contributed by atoms with E-state index >= 15 is 0 Å². The van der Waals surface area contributed by atoms with E-state index in [2.05, 4.69) is 29.0 Å². The topological polar surface area (TPSA) is 45.2 Å². The summed E-state index contributed by atoms with van der Waals surface area (Å²) in [5.74, 6) is -0.0850. The van der Waals surface area contributed by atoms with Gasteiger partial charge in [0.2, 0.25) is 0 Å². The number of rotatable bonds is 7. The molecule has 0 fully saturated rings. The van der Waals surface area contributed by atoms with Gasteiger partial charge < -0.3 is 10.2 Å². The van der Waals surface area contributed by atoms with Crippen LogP contribution in [0.15, 0.2) is 18.2 Å². The Labute approximate surface area is 109 Å². The Kier molecular flexibility index (Phi) is 6.36. The number of aryl methyl sites for hydroxylation is 1. The summed E-state index contributed by atoms with van der Waals surface area (Å²) in [6.07, 6.45) is 0.971. The molecule has 0 radical (unpaired) electrons. The number of aromatic nitrogens is 1. The van der Waals surface area contributed by atoms with E-state index in [1.165, 1.54) is 0 Å². The zero-order valence-electron chi connectivity index (χ0n) is 11.6. The molecule has 0 bridgehead atoms. The van der Waals surface area contributed by atoms with Crippen molar-refractivity contribution >= 4 is 5.91 Å². The van der Waals surface area contributed by atoms with E-state index in [9.17, 15) is 4.79 Å². The van der Waals surface area contributed by atoms with Crippen molar-refractivity contribution in [2.45, 2.75) is 27.2 Å². The van der Waals surface area contributed by atoms with Gasteiger partial charge >= 0.3 is 0 Å². The molecule has 1 N–H and O–H groups in total. The number of carbonyl (C=O) groups is 1. The molecule has 4 nitrogen and oxygen atoms in total. The molecule has 4 heteroatoms. The number of carbonyl (C=O) groups excluding carboxylic acids is 1. The Balaban J connectivity index is 2.29. The molecule has 1 amide bonds. The molecule has 0 aliphatic carbocycles. The monoisotopic (exact) mass is 249 g/mol. The SMILES string of the molecule is CCN(CC)CCCNC(=O)c1cccc(C)n1. The molecular weight excluding hydrogens is 226 g/mol. The number of pyridine rings is 1. The van der Waals surface area contributed by atoms with Gasteiger partial charge in [0, 0.05) is 12.2 Å². The Morgan fingerprint density at radius 1 is 1.33 bits per heavy atom. The van der Waals surface area contributed by atoms with Crippen LogP contribution in [0.5, 0.6) is 0 Å². The fourth-order valence-electron chi connectivity index (χ4n) is 1.80. The van der Waals surface area contributed by atoms with Crippen molar-refractivity contribution in [3.8, 4) is 0 Å². The maximum absolute atomic E-state index is 11.8. The first kappa shape index (κ1) is 14.6. The maximum Gasteiger partial charge on any atom is 0.269 e. The van der Waals surface area contributed by atoms with Crippen molar-refractivity contribution in [2.75, 3.05) is 26.2 Å². The van der Waals surface area contributed by atoms with Crippen LogP contribution in [0.2, 0.25) is 0 Å². The molecule has 1 rings (SSSR count). The summed E-state index contributed by atoms with van der Waals surface area (Å²) in [4.78, 5) is 18.3. The van der Waals surface area contributed by atoms with E-state index in [1.807, 2.05) is 19.1 Å². The van der Waals surface area contributed by atoms with Gasteiger partial charge in [-0.05, 0) is 45.1 Å². The second kappa shape index (κ2) is 7.82. The first-order valence-electron chi connectivity index (χ1n) is 6.61. The van der Waals surface area contributed by atoms with Gasteiger partial charge in [-0.15, -0.1) is 0 Å². The molecule has 0 aromatic carbocycles. The minimum atomic E-state index is -0.0850. The van der Waals surface area contributed by atoms with Crippen LogP contribution in [0.1, 0.15) is 36.5 Å². The van der Waals surface area contributed by atoms with Gasteiger partial charge in [-0.2, -0.15) is 0 Å². The van der Waals surface area contributed by atoms with Gasteiger partial charge in [0.1, 0.15) is 5.69 Å². The number of nitrogens with one attached hydrogen (secondary N) is 1. The predicted molar refractivity (Wildman–Crippen MR) is 73.7 cm³/mol. The Bertz CT molecular complexity index is 375. The van der Waals surface area contributed by atoms with E-state index < -0.39 is 0 Å². The van der Waals surface area contributed by atoms with Gasteiger partial charge in [0.25, 0.3) is 5.91 Å². The minimum Gasteiger partial charge on any atom is -0.351 e. The lowest BCUT2D eigenvalue weighted by Crippen LogP contribution is -2.30. The maximum atomic E-state index is 11.8. The largest absolute Gasteiger partial charge is 0.351 e. The van der Waals surface area contributed by atoms with Crippen LogP contribution >= 0.6 is 0 Å². The standard InChI is InChI=1S/C14H23N3O/c1-4-17(5-2)11-7-10-15-14(18)13-9-6-8-12(3)16-13/h6,8-9H,4-5,7,10-11H2,1-3H3,(H,15,18). The first-order valence-corrected chi connectivity index (χ1v) is 6.61. The highest BCUT2D eigenvalue weighted by molar-refractivity contribution is 5.92. The van der Waals surface area contributed by atoms with Crippen LogP contribution in [-0.4, -0.2) is 42.0 Å². The van der Waals surface area contributed by atoms with Gasteiger partial charge in [-0.3, -0.25) is 4.79 Å². The van der Waals surface area contributed by atoms with Gasteiger partial charge in [-0.1, -0.05) is 19.9 Å². The lowest BCUT2D eigenvalue weighted by Gasteiger charge is -2.17. The van der Waals surface area contributed by atoms with E-state index in [0.29, 0.717) is 12.2 Å². The summed E-state index contributed by atoms with van der Waals surface area (Å²) in [5.41, 5.74) is 1.36. The van der Waals surface area contributed by atoms with Crippen molar-refractivity contribution < 1.29 is 4.79 Å². The van der Waals surface area contributed by atoms with E-state index in [4.69, 9.17) is 0 Å². The fraction of sp³-hybridized carbons (Fsp3) is 0.571. The Hall–Kier alpha value is -1.42. The van der Waals surface area contributed by atoms with Crippen molar-refractivity contribution in [3.63, 3.8) is 0 Å². The number of nitrogens with zero attached hydrogens (tertiary/aromatic N) is 2. The molecule has 0 saturated heterocycles. The predicted octanol–water partition coefficient (Wildman–Crippen LogP) is 1.85. The normalized spacial score (nSPS) is 10.7. The highest BCUT2D eigenvalue weighted by Crippen LogP contribution is 1.98. The quantitative estimate of drug-likeness (QED) is 0.750. The van der Waals surface area contributed by atoms with Crippen molar-refractivity contribution in [3.05, 3.63) is 29.6 Å². The molecule has 0 spiro atoms. The Morgan fingerprint density at radius 2 is 2.06 bits per heavy atom. The average molecular weight is 249 g/mol. The fourth-order valence-corrected chi connectivity index (χ4v) is 1.80. The molecule has 100 valence electrons. The van der Waals surface area contributed by atoms with Crippen LogP contribution < -0.4 is 5.32 Å². The summed E-state index contributed by atoms with van der Waals surface area (Å²) in [6, 6.07) is 5.48. The van der Waals surface area contributed by atoms with Crippen molar-refractivity contribution in [2.24, 2.45) is 0 Å². The minimum absolute atomic E-state index is 0.0850. The summed E-state index contributed by atoms with van der Waals surface area (Å²) >= 11 is 0. The van der Waals surface area contributed by atoms with Crippen LogP contribution in [0.4, 0.5) is 0 Å². The summed E-state index contributed by atoms with van der Waals surface area (Å²) in [6.45, 7) is 10.0. The van der Waals surface area contributed by atoms with Crippen LogP contribution in [0, 0.1) is 6.92 Å². The van der Waals surface area contributed by atoms with Crippen molar-refractivity contribution in [1.82, 2.24) is 15.2 Å². The third kappa shape index (κ3) is 4.84. The van der Waals surface area contributed by atoms with E-state index in [-0.39, 0.29) is 5.91 Å².